The van der Waals surface area contributed by atoms with E-state index in [1.54, 1.807) is 0 Å². The zero-order chi connectivity index (χ0) is 9.05. The Hall–Kier alpha value is -0.0800. The van der Waals surface area contributed by atoms with Gasteiger partial charge in [-0.25, -0.2) is 0 Å². The highest BCUT2D eigenvalue weighted by Crippen LogP contribution is 2.56. The third kappa shape index (κ3) is 1.02. The molecule has 0 aromatic heterocycles. The number of ether oxygens (including phenoxy) is 1. The van der Waals surface area contributed by atoms with Crippen LogP contribution in [0.2, 0.25) is 0 Å². The van der Waals surface area contributed by atoms with E-state index in [0.29, 0.717) is 11.8 Å². The smallest absolute Gasteiger partial charge is 0.0688 e. The zero-order valence-corrected chi connectivity index (χ0v) is 8.20. The number of aliphatic hydroxyl groups is 1. The molecule has 0 heterocycles. The molecule has 0 radical (unpaired) electrons. The fourth-order valence-electron chi connectivity index (χ4n) is 4.17. The molecule has 4 rings (SSSR count). The molecular formula is C11H18O2. The van der Waals surface area contributed by atoms with Gasteiger partial charge in [0.2, 0.25) is 0 Å². The lowest BCUT2D eigenvalue weighted by Gasteiger charge is -2.57. The molecule has 13 heavy (non-hydrogen) atoms. The number of methoxy groups -OCH3 is 1. The molecule has 0 aromatic carbocycles. The second-order valence-corrected chi connectivity index (χ2v) is 5.35. The molecule has 2 heteroatoms. The van der Waals surface area contributed by atoms with Gasteiger partial charge in [-0.1, -0.05) is 0 Å². The molecule has 4 aliphatic carbocycles. The summed E-state index contributed by atoms with van der Waals surface area (Å²) in [6.45, 7) is 0. The van der Waals surface area contributed by atoms with Crippen molar-refractivity contribution in [3.8, 4) is 0 Å². The quantitative estimate of drug-likeness (QED) is 0.667. The maximum Gasteiger partial charge on any atom is 0.0688 e. The largest absolute Gasteiger partial charge is 0.393 e. The summed E-state index contributed by atoms with van der Waals surface area (Å²) in [5.74, 6) is 1.94. The van der Waals surface area contributed by atoms with E-state index in [2.05, 4.69) is 0 Å². The molecule has 2 nitrogen and oxygen atoms in total. The van der Waals surface area contributed by atoms with Crippen molar-refractivity contribution in [3.63, 3.8) is 0 Å². The number of hydrogen-bond acceptors (Lipinski definition) is 2. The second kappa shape index (κ2) is 2.48. The van der Waals surface area contributed by atoms with Crippen LogP contribution in [0.1, 0.15) is 32.1 Å². The molecule has 74 valence electrons. The molecule has 0 aliphatic heterocycles. The van der Waals surface area contributed by atoms with Crippen LogP contribution < -0.4 is 0 Å². The van der Waals surface area contributed by atoms with Crippen LogP contribution in [0.4, 0.5) is 0 Å². The molecule has 1 N–H and O–H groups in total. The summed E-state index contributed by atoms with van der Waals surface area (Å²) in [7, 11) is 1.85. The molecule has 3 unspecified atom stereocenters. The van der Waals surface area contributed by atoms with Crippen molar-refractivity contribution in [1.82, 2.24) is 0 Å². The van der Waals surface area contributed by atoms with Gasteiger partial charge in [0.15, 0.2) is 0 Å². The first-order chi connectivity index (χ1) is 6.22. The first-order valence-corrected chi connectivity index (χ1v) is 5.46. The molecule has 0 spiro atoms. The van der Waals surface area contributed by atoms with E-state index < -0.39 is 0 Å². The summed E-state index contributed by atoms with van der Waals surface area (Å²) in [5, 5.41) is 9.98. The van der Waals surface area contributed by atoms with Crippen molar-refractivity contribution >= 4 is 0 Å². The first-order valence-electron chi connectivity index (χ1n) is 5.46. The molecule has 0 saturated heterocycles. The van der Waals surface area contributed by atoms with Gasteiger partial charge in [-0.2, -0.15) is 0 Å². The average Bonchev–Trinajstić information content (AvgIpc) is 2.13. The zero-order valence-electron chi connectivity index (χ0n) is 8.20. The van der Waals surface area contributed by atoms with Gasteiger partial charge in [-0.15, -0.1) is 0 Å². The summed E-state index contributed by atoms with van der Waals surface area (Å²) in [6, 6.07) is 0. The van der Waals surface area contributed by atoms with Crippen LogP contribution in [0.25, 0.3) is 0 Å². The predicted molar refractivity (Wildman–Crippen MR) is 49.3 cm³/mol. The standard InChI is InChI=1S/C11H18O2/c1-13-11-4-7-2-8(5-11)10(12)9(3-7)6-11/h7-10,12H,2-6H2,1H3/t7?,8-,9+,10?,11?. The molecule has 4 fully saturated rings. The SMILES string of the molecule is COC12CC3C[C@H](C1)C(O)[C@@H](C3)C2. The van der Waals surface area contributed by atoms with Gasteiger partial charge in [0, 0.05) is 7.11 Å². The van der Waals surface area contributed by atoms with Gasteiger partial charge in [0.25, 0.3) is 0 Å². The van der Waals surface area contributed by atoms with Crippen molar-refractivity contribution in [1.29, 1.82) is 0 Å². The monoisotopic (exact) mass is 182 g/mol. The van der Waals surface area contributed by atoms with Crippen LogP contribution in [-0.2, 0) is 4.74 Å². The topological polar surface area (TPSA) is 29.5 Å². The van der Waals surface area contributed by atoms with Crippen LogP contribution in [0.3, 0.4) is 0 Å². The van der Waals surface area contributed by atoms with E-state index in [0.717, 1.165) is 18.8 Å². The van der Waals surface area contributed by atoms with E-state index in [-0.39, 0.29) is 11.7 Å². The minimum Gasteiger partial charge on any atom is -0.393 e. The maximum atomic E-state index is 9.98. The minimum atomic E-state index is -0.0141. The highest BCUT2D eigenvalue weighted by Gasteiger charge is 2.55. The van der Waals surface area contributed by atoms with E-state index >= 15 is 0 Å². The number of rotatable bonds is 1. The lowest BCUT2D eigenvalue weighted by molar-refractivity contribution is -0.188. The molecule has 4 saturated carbocycles. The van der Waals surface area contributed by atoms with Crippen molar-refractivity contribution < 1.29 is 9.84 Å². The molecule has 0 aromatic rings. The van der Waals surface area contributed by atoms with Crippen molar-refractivity contribution in [2.24, 2.45) is 17.8 Å². The Balaban J connectivity index is 1.92. The summed E-state index contributed by atoms with van der Waals surface area (Å²) in [5.41, 5.74) is 0.162. The van der Waals surface area contributed by atoms with Crippen molar-refractivity contribution in [2.45, 2.75) is 43.8 Å². The van der Waals surface area contributed by atoms with E-state index in [1.807, 2.05) is 7.11 Å². The highest BCUT2D eigenvalue weighted by molar-refractivity contribution is 5.06. The van der Waals surface area contributed by atoms with Gasteiger partial charge < -0.3 is 9.84 Å². The van der Waals surface area contributed by atoms with Crippen LogP contribution >= 0.6 is 0 Å². The predicted octanol–water partition coefficient (Wildman–Crippen LogP) is 1.57. The summed E-state index contributed by atoms with van der Waals surface area (Å²) in [6.07, 6.45) is 5.96. The lowest BCUT2D eigenvalue weighted by atomic mass is 9.53. The third-order valence-corrected chi connectivity index (χ3v) is 4.60. The van der Waals surface area contributed by atoms with Crippen molar-refractivity contribution in [3.05, 3.63) is 0 Å². The summed E-state index contributed by atoms with van der Waals surface area (Å²) >= 11 is 0. The van der Waals surface area contributed by atoms with Gasteiger partial charge in [0.05, 0.1) is 11.7 Å². The Morgan fingerprint density at radius 3 is 2.31 bits per heavy atom. The fourth-order valence-corrected chi connectivity index (χ4v) is 4.17. The molecular weight excluding hydrogens is 164 g/mol. The van der Waals surface area contributed by atoms with Crippen LogP contribution in [-0.4, -0.2) is 23.9 Å². The Morgan fingerprint density at radius 2 is 1.77 bits per heavy atom. The van der Waals surface area contributed by atoms with Crippen molar-refractivity contribution in [2.75, 3.05) is 7.11 Å². The van der Waals surface area contributed by atoms with E-state index in [9.17, 15) is 5.11 Å². The molecule has 4 aliphatic rings. The molecule has 4 bridgehead atoms. The second-order valence-electron chi connectivity index (χ2n) is 5.35. The normalized spacial score (nSPS) is 58.6. The molecule has 0 amide bonds. The van der Waals surface area contributed by atoms with Gasteiger partial charge in [0.1, 0.15) is 0 Å². The first kappa shape index (κ1) is 8.25. The van der Waals surface area contributed by atoms with Crippen LogP contribution in [0, 0.1) is 17.8 Å². The lowest BCUT2D eigenvalue weighted by Crippen LogP contribution is -2.57. The summed E-state index contributed by atoms with van der Waals surface area (Å²) < 4.78 is 5.69. The van der Waals surface area contributed by atoms with Gasteiger partial charge in [-0.3, -0.25) is 0 Å². The van der Waals surface area contributed by atoms with Crippen LogP contribution in [0.5, 0.6) is 0 Å². The fraction of sp³-hybridized carbons (Fsp3) is 1.00. The minimum absolute atomic E-state index is 0.0141. The average molecular weight is 182 g/mol. The van der Waals surface area contributed by atoms with Crippen LogP contribution in [0.15, 0.2) is 0 Å². The number of hydrogen-bond donors (Lipinski definition) is 1. The number of aliphatic hydroxyl groups excluding tert-OH is 1. The third-order valence-electron chi connectivity index (χ3n) is 4.60. The Bertz CT molecular complexity index is 210. The Labute approximate surface area is 79.3 Å². The summed E-state index contributed by atoms with van der Waals surface area (Å²) in [4.78, 5) is 0. The Morgan fingerprint density at radius 1 is 1.15 bits per heavy atom. The highest BCUT2D eigenvalue weighted by atomic mass is 16.5. The van der Waals surface area contributed by atoms with E-state index in [1.165, 1.54) is 19.3 Å². The maximum absolute atomic E-state index is 9.98. The Kier molecular flexibility index (Phi) is 1.58. The van der Waals surface area contributed by atoms with E-state index in [4.69, 9.17) is 4.74 Å². The molecule has 5 atom stereocenters. The van der Waals surface area contributed by atoms with Gasteiger partial charge in [-0.05, 0) is 49.9 Å². The van der Waals surface area contributed by atoms with Gasteiger partial charge >= 0.3 is 0 Å².